The molecular formula is C25H32N2O. The van der Waals surface area contributed by atoms with Crippen molar-refractivity contribution in [2.45, 2.75) is 32.6 Å². The van der Waals surface area contributed by atoms with Crippen molar-refractivity contribution in [1.82, 2.24) is 10.2 Å². The van der Waals surface area contributed by atoms with Crippen LogP contribution in [-0.2, 0) is 17.6 Å². The van der Waals surface area contributed by atoms with Gasteiger partial charge >= 0.3 is 0 Å². The molecule has 1 aliphatic rings. The number of allylic oxidation sites excluding steroid dienone is 1. The highest BCUT2D eigenvalue weighted by molar-refractivity contribution is 5.88. The molecule has 3 nitrogen and oxygen atoms in total. The molecule has 0 spiro atoms. The minimum absolute atomic E-state index is 0.0493. The summed E-state index contributed by atoms with van der Waals surface area (Å²) >= 11 is 0. The van der Waals surface area contributed by atoms with Gasteiger partial charge < -0.3 is 10.2 Å². The molecule has 0 saturated carbocycles. The van der Waals surface area contributed by atoms with Crippen LogP contribution in [0.2, 0.25) is 0 Å². The van der Waals surface area contributed by atoms with Crippen molar-refractivity contribution < 1.29 is 4.79 Å². The van der Waals surface area contributed by atoms with Gasteiger partial charge in [0.15, 0.2) is 0 Å². The minimum atomic E-state index is 0.0493. The molecule has 1 aliphatic heterocycles. The monoisotopic (exact) mass is 376 g/mol. The van der Waals surface area contributed by atoms with E-state index in [1.54, 1.807) is 6.08 Å². The number of hydrogen-bond donors (Lipinski definition) is 1. The van der Waals surface area contributed by atoms with Crippen molar-refractivity contribution >= 4 is 5.91 Å². The summed E-state index contributed by atoms with van der Waals surface area (Å²) < 4.78 is 0. The van der Waals surface area contributed by atoms with Crippen LogP contribution in [0.4, 0.5) is 0 Å². The van der Waals surface area contributed by atoms with E-state index in [2.05, 4.69) is 64.8 Å². The first-order valence-corrected chi connectivity index (χ1v) is 10.4. The Hall–Kier alpha value is -2.39. The van der Waals surface area contributed by atoms with Crippen LogP contribution in [-0.4, -0.2) is 37.0 Å². The molecule has 0 aliphatic carbocycles. The SMILES string of the molecule is C/C(=C\C(=O)NCC1CCN(CCc2ccccc2)C1)CCc1ccccc1. The van der Waals surface area contributed by atoms with Gasteiger partial charge in [-0.05, 0) is 56.2 Å². The van der Waals surface area contributed by atoms with Gasteiger partial charge in [-0.2, -0.15) is 0 Å². The fourth-order valence-electron chi connectivity index (χ4n) is 3.79. The number of likely N-dealkylation sites (tertiary alicyclic amines) is 1. The summed E-state index contributed by atoms with van der Waals surface area (Å²) in [6.07, 6.45) is 5.95. The topological polar surface area (TPSA) is 32.3 Å². The van der Waals surface area contributed by atoms with Gasteiger partial charge in [0.1, 0.15) is 0 Å². The molecule has 1 unspecified atom stereocenters. The lowest BCUT2D eigenvalue weighted by molar-refractivity contribution is -0.116. The lowest BCUT2D eigenvalue weighted by Crippen LogP contribution is -2.30. The standard InChI is InChI=1S/C25H32N2O/c1-21(12-13-22-8-4-2-5-9-22)18-25(28)26-19-24-15-17-27(20-24)16-14-23-10-6-3-7-11-23/h2-11,18,24H,12-17,19-20H2,1H3,(H,26,28)/b21-18+. The van der Waals surface area contributed by atoms with Gasteiger partial charge in [-0.15, -0.1) is 0 Å². The Morgan fingerprint density at radius 1 is 1.04 bits per heavy atom. The first-order chi connectivity index (χ1) is 13.7. The number of nitrogens with zero attached hydrogens (tertiary/aromatic N) is 1. The average molecular weight is 377 g/mol. The van der Waals surface area contributed by atoms with Crippen LogP contribution in [0.25, 0.3) is 0 Å². The summed E-state index contributed by atoms with van der Waals surface area (Å²) in [7, 11) is 0. The van der Waals surface area contributed by atoms with E-state index in [-0.39, 0.29) is 5.91 Å². The molecule has 3 rings (SSSR count). The number of nitrogens with one attached hydrogen (secondary N) is 1. The van der Waals surface area contributed by atoms with E-state index < -0.39 is 0 Å². The van der Waals surface area contributed by atoms with E-state index in [4.69, 9.17) is 0 Å². The minimum Gasteiger partial charge on any atom is -0.352 e. The van der Waals surface area contributed by atoms with E-state index in [0.29, 0.717) is 5.92 Å². The van der Waals surface area contributed by atoms with Gasteiger partial charge in [-0.3, -0.25) is 4.79 Å². The van der Waals surface area contributed by atoms with Crippen LogP contribution >= 0.6 is 0 Å². The van der Waals surface area contributed by atoms with E-state index in [9.17, 15) is 4.79 Å². The summed E-state index contributed by atoms with van der Waals surface area (Å²) in [6.45, 7) is 6.16. The predicted octanol–water partition coefficient (Wildman–Crippen LogP) is 4.25. The van der Waals surface area contributed by atoms with E-state index >= 15 is 0 Å². The van der Waals surface area contributed by atoms with Crippen LogP contribution in [0.1, 0.15) is 30.9 Å². The lowest BCUT2D eigenvalue weighted by Gasteiger charge is -2.16. The first-order valence-electron chi connectivity index (χ1n) is 10.4. The van der Waals surface area contributed by atoms with E-state index in [1.165, 1.54) is 17.5 Å². The summed E-state index contributed by atoms with van der Waals surface area (Å²) in [5, 5.41) is 3.11. The molecule has 1 fully saturated rings. The van der Waals surface area contributed by atoms with Crippen molar-refractivity contribution in [3.05, 3.63) is 83.4 Å². The van der Waals surface area contributed by atoms with Gasteiger partial charge in [0.25, 0.3) is 0 Å². The highest BCUT2D eigenvalue weighted by atomic mass is 16.1. The molecule has 0 aromatic heterocycles. The lowest BCUT2D eigenvalue weighted by atomic mass is 10.1. The Morgan fingerprint density at radius 2 is 1.68 bits per heavy atom. The smallest absolute Gasteiger partial charge is 0.243 e. The van der Waals surface area contributed by atoms with Gasteiger partial charge in [-0.25, -0.2) is 0 Å². The van der Waals surface area contributed by atoms with Crippen LogP contribution in [0.3, 0.4) is 0 Å². The molecule has 1 saturated heterocycles. The fraction of sp³-hybridized carbons (Fsp3) is 0.400. The van der Waals surface area contributed by atoms with E-state index in [1.807, 2.05) is 13.0 Å². The van der Waals surface area contributed by atoms with E-state index in [0.717, 1.165) is 51.0 Å². The normalized spacial score (nSPS) is 17.6. The second-order valence-corrected chi connectivity index (χ2v) is 7.91. The summed E-state index contributed by atoms with van der Waals surface area (Å²) in [5.74, 6) is 0.617. The third-order valence-corrected chi connectivity index (χ3v) is 5.52. The zero-order valence-electron chi connectivity index (χ0n) is 16.9. The third-order valence-electron chi connectivity index (χ3n) is 5.52. The second kappa shape index (κ2) is 10.8. The van der Waals surface area contributed by atoms with Crippen molar-refractivity contribution in [3.63, 3.8) is 0 Å². The van der Waals surface area contributed by atoms with Gasteiger partial charge in [0, 0.05) is 25.7 Å². The highest BCUT2D eigenvalue weighted by Crippen LogP contribution is 2.16. The summed E-state index contributed by atoms with van der Waals surface area (Å²) in [5.41, 5.74) is 3.85. The number of aryl methyl sites for hydroxylation is 1. The largest absolute Gasteiger partial charge is 0.352 e. The summed E-state index contributed by atoms with van der Waals surface area (Å²) in [4.78, 5) is 14.7. The van der Waals surface area contributed by atoms with Crippen molar-refractivity contribution in [1.29, 1.82) is 0 Å². The predicted molar refractivity (Wildman–Crippen MR) is 116 cm³/mol. The molecule has 1 heterocycles. The Labute approximate surface area is 169 Å². The average Bonchev–Trinajstić information content (AvgIpc) is 3.19. The van der Waals surface area contributed by atoms with Crippen LogP contribution in [0, 0.1) is 5.92 Å². The number of benzene rings is 2. The van der Waals surface area contributed by atoms with Crippen LogP contribution in [0.15, 0.2) is 72.3 Å². The fourth-order valence-corrected chi connectivity index (χ4v) is 3.79. The van der Waals surface area contributed by atoms with Crippen molar-refractivity contribution in [2.24, 2.45) is 5.92 Å². The number of amides is 1. The number of hydrogen-bond acceptors (Lipinski definition) is 2. The van der Waals surface area contributed by atoms with Gasteiger partial charge in [0.05, 0.1) is 0 Å². The molecule has 0 bridgehead atoms. The molecule has 2 aromatic rings. The number of rotatable bonds is 9. The molecule has 1 amide bonds. The molecular weight excluding hydrogens is 344 g/mol. The molecule has 1 atom stereocenters. The summed E-state index contributed by atoms with van der Waals surface area (Å²) in [6, 6.07) is 21.1. The Morgan fingerprint density at radius 3 is 2.36 bits per heavy atom. The second-order valence-electron chi connectivity index (χ2n) is 7.91. The molecule has 0 radical (unpaired) electrons. The molecule has 3 heteroatoms. The Kier molecular flexibility index (Phi) is 7.86. The zero-order valence-corrected chi connectivity index (χ0v) is 16.9. The third kappa shape index (κ3) is 6.97. The van der Waals surface area contributed by atoms with Crippen molar-refractivity contribution in [2.75, 3.05) is 26.2 Å². The molecule has 2 aromatic carbocycles. The number of carbonyl (C=O) groups excluding carboxylic acids is 1. The maximum absolute atomic E-state index is 12.2. The Balaban J connectivity index is 1.33. The molecule has 28 heavy (non-hydrogen) atoms. The maximum atomic E-state index is 12.2. The number of carbonyl (C=O) groups is 1. The molecule has 1 N–H and O–H groups in total. The first kappa shape index (κ1) is 20.3. The van der Waals surface area contributed by atoms with Gasteiger partial charge in [-0.1, -0.05) is 66.2 Å². The van der Waals surface area contributed by atoms with Crippen LogP contribution in [0.5, 0.6) is 0 Å². The quantitative estimate of drug-likeness (QED) is 0.664. The highest BCUT2D eigenvalue weighted by Gasteiger charge is 2.22. The Bertz CT molecular complexity index is 755. The zero-order chi connectivity index (χ0) is 19.6. The maximum Gasteiger partial charge on any atom is 0.243 e. The van der Waals surface area contributed by atoms with Crippen molar-refractivity contribution in [3.8, 4) is 0 Å². The molecule has 148 valence electrons. The van der Waals surface area contributed by atoms with Gasteiger partial charge in [0.2, 0.25) is 5.91 Å². The van der Waals surface area contributed by atoms with Crippen LogP contribution < -0.4 is 5.32 Å².